The number of sulfonamides is 1. The summed E-state index contributed by atoms with van der Waals surface area (Å²) >= 11 is 1.26. The van der Waals surface area contributed by atoms with Gasteiger partial charge in [0.25, 0.3) is 10.0 Å². The molecule has 38 heavy (non-hydrogen) atoms. The first-order valence-corrected chi connectivity index (χ1v) is 14.7. The van der Waals surface area contributed by atoms with Gasteiger partial charge in [0.1, 0.15) is 5.82 Å². The molecule has 1 fully saturated rings. The van der Waals surface area contributed by atoms with Crippen molar-refractivity contribution >= 4 is 27.1 Å². The highest BCUT2D eigenvalue weighted by atomic mass is 32.2. The minimum atomic E-state index is -3.97. The van der Waals surface area contributed by atoms with Gasteiger partial charge in [-0.2, -0.15) is 19.3 Å². The van der Waals surface area contributed by atoms with Crippen molar-refractivity contribution in [3.63, 3.8) is 0 Å². The van der Waals surface area contributed by atoms with E-state index in [1.165, 1.54) is 38.8 Å². The van der Waals surface area contributed by atoms with Crippen LogP contribution in [-0.4, -0.2) is 61.4 Å². The molecule has 0 saturated carbocycles. The number of piperidine rings is 1. The Balaban J connectivity index is 1.40. The largest absolute Gasteiger partial charge is 0.291 e. The molecule has 0 N–H and O–H groups in total. The fourth-order valence-electron chi connectivity index (χ4n) is 5.60. The Morgan fingerprint density at radius 1 is 1.18 bits per heavy atom. The van der Waals surface area contributed by atoms with Crippen molar-refractivity contribution in [2.75, 3.05) is 13.1 Å². The van der Waals surface area contributed by atoms with Crippen LogP contribution in [0.3, 0.4) is 0 Å². The van der Waals surface area contributed by atoms with Crippen LogP contribution in [0.15, 0.2) is 53.3 Å². The highest BCUT2D eigenvalue weighted by molar-refractivity contribution is 7.89. The zero-order chi connectivity index (χ0) is 26.7. The Morgan fingerprint density at radius 3 is 2.66 bits per heavy atom. The number of nitrogens with zero attached hydrogens (tertiary/aromatic N) is 7. The van der Waals surface area contributed by atoms with Crippen molar-refractivity contribution in [1.82, 2.24) is 34.1 Å². The molecule has 6 rings (SSSR count). The van der Waals surface area contributed by atoms with Crippen LogP contribution in [0.1, 0.15) is 47.4 Å². The van der Waals surface area contributed by atoms with Gasteiger partial charge in [0.15, 0.2) is 10.8 Å². The molecule has 1 aliphatic carbocycles. The Labute approximate surface area is 223 Å². The molecule has 2 atom stereocenters. The van der Waals surface area contributed by atoms with Crippen LogP contribution in [0.2, 0.25) is 0 Å². The molecule has 198 valence electrons. The lowest BCUT2D eigenvalue weighted by Crippen LogP contribution is -2.57. The molecule has 2 aliphatic rings. The number of Topliss-reactive ketones (excluding diaryl/α,β-unsaturated/α-hetero) is 1. The molecular formula is C25H26FN7O3S2. The number of carbonyl (C=O) groups excluding carboxylic acids is 1. The van der Waals surface area contributed by atoms with E-state index in [-0.39, 0.29) is 41.7 Å². The number of hydrogen-bond donors (Lipinski definition) is 0. The van der Waals surface area contributed by atoms with Gasteiger partial charge in [0.2, 0.25) is 5.03 Å². The topological polar surface area (TPSA) is 116 Å². The van der Waals surface area contributed by atoms with Crippen LogP contribution in [0.25, 0.3) is 5.69 Å². The summed E-state index contributed by atoms with van der Waals surface area (Å²) in [6.07, 6.45) is 5.95. The van der Waals surface area contributed by atoms with Gasteiger partial charge in [-0.05, 0) is 68.9 Å². The van der Waals surface area contributed by atoms with E-state index in [9.17, 15) is 17.6 Å². The van der Waals surface area contributed by atoms with Gasteiger partial charge in [-0.3, -0.25) is 4.79 Å². The first-order chi connectivity index (χ1) is 18.2. The lowest BCUT2D eigenvalue weighted by atomic mass is 9.61. The molecule has 1 aromatic carbocycles. The lowest BCUT2D eigenvalue weighted by molar-refractivity contribution is 0.0399. The van der Waals surface area contributed by atoms with E-state index in [1.807, 2.05) is 13.8 Å². The number of carbonyl (C=O) groups is 1. The predicted molar refractivity (Wildman–Crippen MR) is 137 cm³/mol. The van der Waals surface area contributed by atoms with Crippen molar-refractivity contribution in [3.05, 3.63) is 70.3 Å². The molecule has 1 aliphatic heterocycles. The van der Waals surface area contributed by atoms with Gasteiger partial charge in [0, 0.05) is 30.4 Å². The van der Waals surface area contributed by atoms with Crippen molar-refractivity contribution in [2.45, 2.75) is 44.2 Å². The number of benzene rings is 1. The van der Waals surface area contributed by atoms with Crippen LogP contribution in [0.5, 0.6) is 0 Å². The van der Waals surface area contributed by atoms with Crippen LogP contribution in [0.4, 0.5) is 4.39 Å². The number of ketones is 1. The molecule has 13 heteroatoms. The summed E-state index contributed by atoms with van der Waals surface area (Å²) in [4.78, 5) is 19.7. The Morgan fingerprint density at radius 2 is 1.97 bits per heavy atom. The summed E-state index contributed by atoms with van der Waals surface area (Å²) in [5.74, 6) is -0.603. The number of rotatable bonds is 6. The molecule has 10 nitrogen and oxygen atoms in total. The molecule has 1 saturated heterocycles. The second kappa shape index (κ2) is 9.17. The third-order valence-corrected chi connectivity index (χ3v) is 10.1. The van der Waals surface area contributed by atoms with E-state index in [1.54, 1.807) is 34.6 Å². The quantitative estimate of drug-likeness (QED) is 0.335. The monoisotopic (exact) mass is 555 g/mol. The molecular weight excluding hydrogens is 529 g/mol. The van der Waals surface area contributed by atoms with Crippen molar-refractivity contribution in [3.8, 4) is 5.69 Å². The van der Waals surface area contributed by atoms with E-state index >= 15 is 0 Å². The summed E-state index contributed by atoms with van der Waals surface area (Å²) in [6.45, 7) is 4.02. The normalized spacial score (nSPS) is 21.8. The van der Waals surface area contributed by atoms with Crippen LogP contribution in [-0.2, 0) is 22.9 Å². The van der Waals surface area contributed by atoms with Gasteiger partial charge in [-0.25, -0.2) is 22.5 Å². The van der Waals surface area contributed by atoms with Crippen LogP contribution < -0.4 is 0 Å². The second-order valence-corrected chi connectivity index (χ2v) is 12.9. The number of hydrogen-bond acceptors (Lipinski definition) is 8. The highest BCUT2D eigenvalue weighted by Gasteiger charge is 2.55. The number of thiazole rings is 1. The molecule has 0 spiro atoms. The van der Waals surface area contributed by atoms with Crippen molar-refractivity contribution < 1.29 is 17.6 Å². The van der Waals surface area contributed by atoms with E-state index in [0.29, 0.717) is 24.3 Å². The standard InChI is InChI=1S/C25H26FN7O3S2/c1-16(2)33-29-14-22(30-33)38(35,36)31-9-7-18-11-21-17(13-28-32(21)20-5-3-19(26)4-6-20)12-25(18,15-31)23(34)24-27-8-10-37-24/h3-6,8,10,13-14,16,18H,7,9,11-12,15H2,1-2H3/t18-,25-/m0/s1. The number of halogens is 1. The summed E-state index contributed by atoms with van der Waals surface area (Å²) in [6, 6.07) is 6.04. The zero-order valence-electron chi connectivity index (χ0n) is 20.9. The Hall–Kier alpha value is -3.29. The minimum Gasteiger partial charge on any atom is -0.291 e. The van der Waals surface area contributed by atoms with E-state index in [0.717, 1.165) is 16.9 Å². The molecule has 0 radical (unpaired) electrons. The average molecular weight is 556 g/mol. The second-order valence-electron chi connectivity index (χ2n) is 10.1. The lowest BCUT2D eigenvalue weighted by Gasteiger charge is -2.48. The van der Waals surface area contributed by atoms with Gasteiger partial charge < -0.3 is 0 Å². The van der Waals surface area contributed by atoms with E-state index < -0.39 is 15.4 Å². The third kappa shape index (κ3) is 4.00. The fourth-order valence-corrected chi connectivity index (χ4v) is 7.66. The minimum absolute atomic E-state index is 0.0219. The molecule has 0 bridgehead atoms. The van der Waals surface area contributed by atoms with Crippen LogP contribution >= 0.6 is 11.3 Å². The fraction of sp³-hybridized carbons (Fsp3) is 0.400. The van der Waals surface area contributed by atoms with Crippen LogP contribution in [0, 0.1) is 17.2 Å². The first kappa shape index (κ1) is 25.0. The predicted octanol–water partition coefficient (Wildman–Crippen LogP) is 3.32. The summed E-state index contributed by atoms with van der Waals surface area (Å²) in [5, 5.41) is 14.9. The number of aromatic nitrogens is 6. The maximum Gasteiger partial charge on any atom is 0.264 e. The Bertz CT molecular complexity index is 1600. The SMILES string of the molecule is CC(C)n1ncc(S(=O)(=O)N2CC[C@H]3Cc4c(cnn4-c4ccc(F)cc4)C[C@]3(C(=O)c3nccs3)C2)n1. The average Bonchev–Trinajstić information content (AvgIpc) is 3.68. The zero-order valence-corrected chi connectivity index (χ0v) is 22.5. The van der Waals surface area contributed by atoms with Crippen molar-refractivity contribution in [2.24, 2.45) is 11.3 Å². The molecule has 3 aromatic heterocycles. The molecule has 0 amide bonds. The highest BCUT2D eigenvalue weighted by Crippen LogP contribution is 2.48. The molecule has 0 unspecified atom stereocenters. The van der Waals surface area contributed by atoms with Gasteiger partial charge in [0.05, 0.1) is 29.5 Å². The summed E-state index contributed by atoms with van der Waals surface area (Å²) < 4.78 is 44.0. The molecule has 4 aromatic rings. The Kier molecular flexibility index (Phi) is 6.04. The van der Waals surface area contributed by atoms with E-state index in [2.05, 4.69) is 20.3 Å². The summed E-state index contributed by atoms with van der Waals surface area (Å²) in [5.41, 5.74) is 1.57. The van der Waals surface area contributed by atoms with Gasteiger partial charge in [-0.15, -0.1) is 16.4 Å². The third-order valence-electron chi connectivity index (χ3n) is 7.57. The van der Waals surface area contributed by atoms with Gasteiger partial charge >= 0.3 is 0 Å². The maximum atomic E-state index is 14.1. The summed E-state index contributed by atoms with van der Waals surface area (Å²) in [7, 11) is -3.97. The van der Waals surface area contributed by atoms with Crippen molar-refractivity contribution in [1.29, 1.82) is 0 Å². The van der Waals surface area contributed by atoms with Gasteiger partial charge in [-0.1, -0.05) is 0 Å². The number of fused-ring (bicyclic) bond motifs is 2. The first-order valence-electron chi connectivity index (χ1n) is 12.4. The smallest absolute Gasteiger partial charge is 0.264 e. The molecule has 4 heterocycles. The maximum absolute atomic E-state index is 14.1. The van der Waals surface area contributed by atoms with E-state index in [4.69, 9.17) is 0 Å².